The number of sulfonamides is 1. The zero-order valence-corrected chi connectivity index (χ0v) is 14.5. The van der Waals surface area contributed by atoms with Gasteiger partial charge in [-0.15, -0.1) is 0 Å². The van der Waals surface area contributed by atoms with Gasteiger partial charge in [-0.25, -0.2) is 12.8 Å². The minimum absolute atomic E-state index is 0.157. The van der Waals surface area contributed by atoms with Crippen molar-refractivity contribution in [3.8, 4) is 0 Å². The first-order valence-electron chi connectivity index (χ1n) is 7.28. The highest BCUT2D eigenvalue weighted by Crippen LogP contribution is 2.22. The third-order valence-corrected chi connectivity index (χ3v) is 4.59. The van der Waals surface area contributed by atoms with Crippen molar-refractivity contribution in [3.05, 3.63) is 59.4 Å². The minimum atomic E-state index is -3.81. The molecule has 0 fully saturated rings. The van der Waals surface area contributed by atoms with Gasteiger partial charge in [0.15, 0.2) is 0 Å². The topological polar surface area (TPSA) is 66.5 Å². The molecule has 0 aliphatic rings. The monoisotopic (exact) mass is 350 g/mol. The Balaban J connectivity index is 2.24. The number of para-hydroxylation sites is 1. The summed E-state index contributed by atoms with van der Waals surface area (Å²) >= 11 is 0. The minimum Gasteiger partial charge on any atom is -0.324 e. The van der Waals surface area contributed by atoms with Crippen molar-refractivity contribution in [2.75, 3.05) is 22.4 Å². The van der Waals surface area contributed by atoms with Gasteiger partial charge in [-0.05, 0) is 37.6 Å². The van der Waals surface area contributed by atoms with Crippen molar-refractivity contribution in [3.63, 3.8) is 0 Å². The molecule has 0 bridgehead atoms. The molecule has 1 amide bonds. The molecule has 5 nitrogen and oxygen atoms in total. The van der Waals surface area contributed by atoms with Gasteiger partial charge < -0.3 is 5.32 Å². The van der Waals surface area contributed by atoms with E-state index in [9.17, 15) is 17.6 Å². The molecule has 0 aromatic heterocycles. The summed E-state index contributed by atoms with van der Waals surface area (Å²) in [7, 11) is -3.81. The molecular formula is C17H19FN2O3S. The number of anilines is 2. The molecule has 1 N–H and O–H groups in total. The predicted molar refractivity (Wildman–Crippen MR) is 93.1 cm³/mol. The lowest BCUT2D eigenvalue weighted by molar-refractivity contribution is -0.114. The lowest BCUT2D eigenvalue weighted by atomic mass is 10.1. The van der Waals surface area contributed by atoms with Gasteiger partial charge in [-0.2, -0.15) is 0 Å². The highest BCUT2D eigenvalue weighted by atomic mass is 32.2. The second-order valence-corrected chi connectivity index (χ2v) is 7.49. The number of rotatable bonds is 5. The molecule has 0 aliphatic carbocycles. The van der Waals surface area contributed by atoms with E-state index in [0.29, 0.717) is 5.69 Å². The highest BCUT2D eigenvalue weighted by molar-refractivity contribution is 7.92. The number of halogens is 1. The van der Waals surface area contributed by atoms with Crippen LogP contribution in [0.3, 0.4) is 0 Å². The van der Waals surface area contributed by atoms with E-state index in [1.54, 1.807) is 6.07 Å². The molecule has 0 aliphatic heterocycles. The first-order valence-corrected chi connectivity index (χ1v) is 9.12. The van der Waals surface area contributed by atoms with E-state index in [1.165, 1.54) is 18.2 Å². The van der Waals surface area contributed by atoms with Crippen LogP contribution in [0.2, 0.25) is 0 Å². The maximum absolute atomic E-state index is 13.9. The molecule has 0 saturated carbocycles. The van der Waals surface area contributed by atoms with Gasteiger partial charge in [0.2, 0.25) is 15.9 Å². The van der Waals surface area contributed by atoms with Crippen molar-refractivity contribution in [1.29, 1.82) is 0 Å². The zero-order chi connectivity index (χ0) is 17.9. The van der Waals surface area contributed by atoms with Crippen LogP contribution in [0, 0.1) is 19.7 Å². The third kappa shape index (κ3) is 4.32. The third-order valence-electron chi connectivity index (χ3n) is 3.46. The zero-order valence-electron chi connectivity index (χ0n) is 13.7. The first-order chi connectivity index (χ1) is 11.2. The van der Waals surface area contributed by atoms with Crippen LogP contribution in [0.4, 0.5) is 15.8 Å². The standard InChI is InChI=1S/C17H19FN2O3S/c1-12-8-9-15(13(2)10-12)19-17(21)11-20(24(3,22)23)16-7-5-4-6-14(16)18/h4-10H,11H2,1-3H3,(H,19,21). The Kier molecular flexibility index (Phi) is 5.23. The fourth-order valence-corrected chi connectivity index (χ4v) is 3.17. The number of carbonyl (C=O) groups excluding carboxylic acids is 1. The average molecular weight is 350 g/mol. The lowest BCUT2D eigenvalue weighted by Gasteiger charge is -2.22. The highest BCUT2D eigenvalue weighted by Gasteiger charge is 2.23. The number of amides is 1. The first kappa shape index (κ1) is 17.9. The van der Waals surface area contributed by atoms with E-state index >= 15 is 0 Å². The molecule has 0 atom stereocenters. The van der Waals surface area contributed by atoms with Gasteiger partial charge in [-0.3, -0.25) is 9.10 Å². The van der Waals surface area contributed by atoms with Crippen LogP contribution in [0.5, 0.6) is 0 Å². The Labute approximate surface area is 141 Å². The molecule has 24 heavy (non-hydrogen) atoms. The summed E-state index contributed by atoms with van der Waals surface area (Å²) in [5.41, 5.74) is 2.35. The number of aryl methyl sites for hydroxylation is 2. The Morgan fingerprint density at radius 1 is 1.17 bits per heavy atom. The van der Waals surface area contributed by atoms with Crippen LogP contribution in [0.25, 0.3) is 0 Å². The van der Waals surface area contributed by atoms with E-state index in [2.05, 4.69) is 5.32 Å². The summed E-state index contributed by atoms with van der Waals surface area (Å²) in [6.07, 6.45) is 0.934. The number of hydrogen-bond acceptors (Lipinski definition) is 3. The van der Waals surface area contributed by atoms with E-state index in [1.807, 2.05) is 26.0 Å². The maximum atomic E-state index is 13.9. The summed E-state index contributed by atoms with van der Waals surface area (Å²) in [4.78, 5) is 12.3. The average Bonchev–Trinajstić information content (AvgIpc) is 2.47. The van der Waals surface area contributed by atoms with Crippen LogP contribution in [0.1, 0.15) is 11.1 Å². The summed E-state index contributed by atoms with van der Waals surface area (Å²) < 4.78 is 38.6. The van der Waals surface area contributed by atoms with Crippen molar-refractivity contribution < 1.29 is 17.6 Å². The Morgan fingerprint density at radius 3 is 2.42 bits per heavy atom. The summed E-state index contributed by atoms with van der Waals surface area (Å²) in [6.45, 7) is 3.27. The lowest BCUT2D eigenvalue weighted by Crippen LogP contribution is -2.38. The van der Waals surface area contributed by atoms with Crippen LogP contribution < -0.4 is 9.62 Å². The summed E-state index contributed by atoms with van der Waals surface area (Å²) in [5, 5.41) is 2.66. The quantitative estimate of drug-likeness (QED) is 0.902. The van der Waals surface area contributed by atoms with Gasteiger partial charge in [0.1, 0.15) is 12.4 Å². The number of carbonyl (C=O) groups is 1. The fraction of sp³-hybridized carbons (Fsp3) is 0.235. The van der Waals surface area contributed by atoms with Crippen LogP contribution >= 0.6 is 0 Å². The molecule has 2 aromatic carbocycles. The molecule has 0 spiro atoms. The van der Waals surface area contributed by atoms with Gasteiger partial charge in [0, 0.05) is 5.69 Å². The van der Waals surface area contributed by atoms with Crippen molar-refractivity contribution in [1.82, 2.24) is 0 Å². The van der Waals surface area contributed by atoms with E-state index < -0.39 is 28.3 Å². The summed E-state index contributed by atoms with van der Waals surface area (Å²) in [5.74, 6) is -1.25. The number of benzene rings is 2. The van der Waals surface area contributed by atoms with Gasteiger partial charge in [0.25, 0.3) is 0 Å². The number of hydrogen-bond donors (Lipinski definition) is 1. The maximum Gasteiger partial charge on any atom is 0.245 e. The second kappa shape index (κ2) is 7.00. The molecule has 0 unspecified atom stereocenters. The molecule has 7 heteroatoms. The molecule has 128 valence electrons. The molecule has 0 radical (unpaired) electrons. The summed E-state index contributed by atoms with van der Waals surface area (Å²) in [6, 6.07) is 10.9. The largest absolute Gasteiger partial charge is 0.324 e. The molecular weight excluding hydrogens is 331 g/mol. The van der Waals surface area contributed by atoms with E-state index in [-0.39, 0.29) is 5.69 Å². The molecule has 2 aromatic rings. The van der Waals surface area contributed by atoms with Crippen LogP contribution in [0.15, 0.2) is 42.5 Å². The Morgan fingerprint density at radius 2 is 1.83 bits per heavy atom. The fourth-order valence-electron chi connectivity index (χ4n) is 2.31. The SMILES string of the molecule is Cc1ccc(NC(=O)CN(c2ccccc2F)S(C)(=O)=O)c(C)c1. The normalized spacial score (nSPS) is 11.2. The Bertz CT molecular complexity index is 866. The molecule has 2 rings (SSSR count). The van der Waals surface area contributed by atoms with Crippen LogP contribution in [-0.4, -0.2) is 27.1 Å². The van der Waals surface area contributed by atoms with Crippen molar-refractivity contribution in [2.45, 2.75) is 13.8 Å². The van der Waals surface area contributed by atoms with Crippen molar-refractivity contribution in [2.24, 2.45) is 0 Å². The van der Waals surface area contributed by atoms with Crippen molar-refractivity contribution >= 4 is 27.3 Å². The van der Waals surface area contributed by atoms with Gasteiger partial charge >= 0.3 is 0 Å². The van der Waals surface area contributed by atoms with E-state index in [0.717, 1.165) is 27.8 Å². The predicted octanol–water partition coefficient (Wildman–Crippen LogP) is 2.85. The molecule has 0 heterocycles. The van der Waals surface area contributed by atoms with E-state index in [4.69, 9.17) is 0 Å². The van der Waals surface area contributed by atoms with Gasteiger partial charge in [0.05, 0.1) is 11.9 Å². The smallest absolute Gasteiger partial charge is 0.245 e. The Hall–Kier alpha value is -2.41. The number of nitrogens with zero attached hydrogens (tertiary/aromatic N) is 1. The second-order valence-electron chi connectivity index (χ2n) is 5.59. The van der Waals surface area contributed by atoms with Crippen LogP contribution in [-0.2, 0) is 14.8 Å². The van der Waals surface area contributed by atoms with Gasteiger partial charge in [-0.1, -0.05) is 29.8 Å². The molecule has 0 saturated heterocycles. The number of nitrogens with one attached hydrogen (secondary N) is 1.